The van der Waals surface area contributed by atoms with Crippen molar-refractivity contribution in [1.29, 1.82) is 0 Å². The summed E-state index contributed by atoms with van der Waals surface area (Å²) in [6.07, 6.45) is 0. The number of furan rings is 1. The number of fused-ring (bicyclic) bond motifs is 4. The molecule has 6 aromatic rings. The van der Waals surface area contributed by atoms with Gasteiger partial charge in [-0.2, -0.15) is 0 Å². The van der Waals surface area contributed by atoms with Gasteiger partial charge >= 0.3 is 0 Å². The van der Waals surface area contributed by atoms with Crippen molar-refractivity contribution >= 4 is 32.6 Å². The van der Waals surface area contributed by atoms with E-state index in [1.165, 1.54) is 5.39 Å². The predicted octanol–water partition coefficient (Wildman–Crippen LogP) is 7.17. The maximum Gasteiger partial charge on any atom is 0.136 e. The first-order valence-electron chi connectivity index (χ1n) is 9.87. The van der Waals surface area contributed by atoms with Crippen LogP contribution in [0.2, 0.25) is 0 Å². The molecule has 0 saturated heterocycles. The van der Waals surface area contributed by atoms with E-state index < -0.39 is 0 Å². The first-order valence-corrected chi connectivity index (χ1v) is 9.87. The van der Waals surface area contributed by atoms with Crippen molar-refractivity contribution in [2.45, 2.75) is 0 Å². The second-order valence-electron chi connectivity index (χ2n) is 7.43. The number of pyridine rings is 1. The molecule has 0 saturated carbocycles. The summed E-state index contributed by atoms with van der Waals surface area (Å²) in [6, 6.07) is 31.9. The monoisotopic (exact) mass is 387 g/mol. The van der Waals surface area contributed by atoms with Crippen LogP contribution in [0.15, 0.2) is 101 Å². The quantitative estimate of drug-likeness (QED) is 0.320. The second-order valence-corrected chi connectivity index (χ2v) is 7.43. The summed E-state index contributed by atoms with van der Waals surface area (Å²) in [5.74, 6) is 1.06. The molecule has 0 fully saturated rings. The molecule has 1 N–H and O–H groups in total. The molecule has 3 nitrogen and oxygen atoms in total. The van der Waals surface area contributed by atoms with Gasteiger partial charge in [0.2, 0.25) is 0 Å². The minimum atomic E-state index is 0.239. The number of phenolic OH excluding ortho intramolecular Hbond substituents is 1. The molecule has 30 heavy (non-hydrogen) atoms. The largest absolute Gasteiger partial charge is 0.508 e. The molecule has 0 bridgehead atoms. The number of phenols is 1. The lowest BCUT2D eigenvalue weighted by molar-refractivity contribution is 0.475. The zero-order chi connectivity index (χ0) is 20.1. The van der Waals surface area contributed by atoms with Gasteiger partial charge in [-0.1, -0.05) is 48.5 Å². The van der Waals surface area contributed by atoms with Gasteiger partial charge in [0.25, 0.3) is 0 Å². The highest BCUT2D eigenvalue weighted by molar-refractivity contribution is 6.13. The molecule has 0 unspecified atom stereocenters. The van der Waals surface area contributed by atoms with E-state index in [1.54, 1.807) is 12.1 Å². The van der Waals surface area contributed by atoms with Crippen LogP contribution in [0.5, 0.6) is 5.75 Å². The van der Waals surface area contributed by atoms with Crippen LogP contribution >= 0.6 is 0 Å². The van der Waals surface area contributed by atoms with E-state index in [2.05, 4.69) is 48.5 Å². The number of rotatable bonds is 2. The van der Waals surface area contributed by atoms with Crippen LogP contribution < -0.4 is 0 Å². The molecular weight excluding hydrogens is 370 g/mol. The fourth-order valence-corrected chi connectivity index (χ4v) is 4.10. The highest BCUT2D eigenvalue weighted by Gasteiger charge is 2.15. The fraction of sp³-hybridized carbons (Fsp3) is 0. The Hall–Kier alpha value is -4.11. The van der Waals surface area contributed by atoms with Crippen molar-refractivity contribution < 1.29 is 9.52 Å². The topological polar surface area (TPSA) is 46.3 Å². The number of hydrogen-bond acceptors (Lipinski definition) is 3. The minimum Gasteiger partial charge on any atom is -0.508 e. The van der Waals surface area contributed by atoms with Crippen LogP contribution in [-0.2, 0) is 0 Å². The van der Waals surface area contributed by atoms with Crippen LogP contribution in [0.4, 0.5) is 0 Å². The van der Waals surface area contributed by atoms with Crippen molar-refractivity contribution in [3.05, 3.63) is 97.1 Å². The Labute approximate surface area is 172 Å². The third-order valence-corrected chi connectivity index (χ3v) is 5.55. The lowest BCUT2D eigenvalue weighted by Gasteiger charge is -2.11. The molecule has 0 radical (unpaired) electrons. The highest BCUT2D eigenvalue weighted by atomic mass is 16.3. The van der Waals surface area contributed by atoms with E-state index in [0.717, 1.165) is 49.8 Å². The van der Waals surface area contributed by atoms with Crippen molar-refractivity contribution in [2.75, 3.05) is 0 Å². The van der Waals surface area contributed by atoms with Crippen LogP contribution in [-0.4, -0.2) is 10.1 Å². The van der Waals surface area contributed by atoms with Gasteiger partial charge in [0.05, 0.1) is 11.2 Å². The summed E-state index contributed by atoms with van der Waals surface area (Å²) < 4.78 is 6.25. The van der Waals surface area contributed by atoms with Gasteiger partial charge in [0, 0.05) is 21.9 Å². The third kappa shape index (κ3) is 2.64. The normalized spacial score (nSPS) is 11.5. The fourth-order valence-electron chi connectivity index (χ4n) is 4.10. The van der Waals surface area contributed by atoms with E-state index in [0.29, 0.717) is 0 Å². The average molecular weight is 387 g/mol. The molecule has 0 aliphatic heterocycles. The molecule has 3 heteroatoms. The number of nitrogens with zero attached hydrogens (tertiary/aromatic N) is 1. The predicted molar refractivity (Wildman–Crippen MR) is 122 cm³/mol. The maximum atomic E-state index is 9.67. The van der Waals surface area contributed by atoms with E-state index >= 15 is 0 Å². The smallest absolute Gasteiger partial charge is 0.136 e. The molecule has 0 spiro atoms. The second kappa shape index (κ2) is 6.46. The Morgan fingerprint density at radius 1 is 0.700 bits per heavy atom. The van der Waals surface area contributed by atoms with E-state index in [9.17, 15) is 5.11 Å². The zero-order valence-corrected chi connectivity index (χ0v) is 16.0. The molecule has 0 atom stereocenters. The number of benzene rings is 4. The van der Waals surface area contributed by atoms with E-state index in [4.69, 9.17) is 9.40 Å². The number of aromatic hydroxyl groups is 1. The van der Waals surface area contributed by atoms with Crippen molar-refractivity contribution in [3.8, 4) is 28.3 Å². The summed E-state index contributed by atoms with van der Waals surface area (Å²) in [5.41, 5.74) is 4.57. The van der Waals surface area contributed by atoms with Gasteiger partial charge in [0.1, 0.15) is 17.1 Å². The Morgan fingerprint density at radius 2 is 1.47 bits per heavy atom. The van der Waals surface area contributed by atoms with Gasteiger partial charge in [-0.05, 0) is 59.3 Å². The van der Waals surface area contributed by atoms with E-state index in [-0.39, 0.29) is 5.75 Å². The molecule has 0 aliphatic carbocycles. The summed E-state index contributed by atoms with van der Waals surface area (Å²) >= 11 is 0. The van der Waals surface area contributed by atoms with Crippen LogP contribution in [0.3, 0.4) is 0 Å². The number of para-hydroxylation sites is 1. The lowest BCUT2D eigenvalue weighted by Crippen LogP contribution is -1.90. The molecule has 2 heterocycles. The Morgan fingerprint density at radius 3 is 2.30 bits per heavy atom. The van der Waals surface area contributed by atoms with Gasteiger partial charge < -0.3 is 9.52 Å². The molecule has 4 aromatic carbocycles. The molecule has 142 valence electrons. The lowest BCUT2D eigenvalue weighted by atomic mass is 9.97. The van der Waals surface area contributed by atoms with E-state index in [1.807, 2.05) is 36.4 Å². The maximum absolute atomic E-state index is 9.67. The van der Waals surface area contributed by atoms with Gasteiger partial charge in [-0.25, -0.2) is 4.98 Å². The molecule has 6 rings (SSSR count). The summed E-state index contributed by atoms with van der Waals surface area (Å²) in [5, 5.41) is 14.1. The minimum absolute atomic E-state index is 0.239. The summed E-state index contributed by atoms with van der Waals surface area (Å²) in [6.45, 7) is 0. The standard InChI is InChI=1S/C27H17NO2/c29-20-12-9-18(10-13-20)24-16-22(26-15-19-6-2-4-8-25(19)30-26)27-21-7-3-1-5-17(21)11-14-23(27)28-24/h1-16,29H. The van der Waals surface area contributed by atoms with Crippen LogP contribution in [0.25, 0.3) is 55.2 Å². The zero-order valence-electron chi connectivity index (χ0n) is 16.0. The number of hydrogen-bond donors (Lipinski definition) is 1. The highest BCUT2D eigenvalue weighted by Crippen LogP contribution is 2.38. The molecule has 0 amide bonds. The Bertz CT molecular complexity index is 1510. The van der Waals surface area contributed by atoms with Crippen molar-refractivity contribution in [1.82, 2.24) is 4.98 Å². The number of aromatic nitrogens is 1. The molecule has 2 aromatic heterocycles. The van der Waals surface area contributed by atoms with Crippen LogP contribution in [0, 0.1) is 0 Å². The SMILES string of the molecule is Oc1ccc(-c2cc(-c3cc4ccccc4o3)c3c(ccc4ccccc43)n2)cc1. The van der Waals surface area contributed by atoms with Gasteiger partial charge in [0.15, 0.2) is 0 Å². The first kappa shape index (κ1) is 16.8. The summed E-state index contributed by atoms with van der Waals surface area (Å²) in [4.78, 5) is 4.94. The van der Waals surface area contributed by atoms with Gasteiger partial charge in [-0.3, -0.25) is 0 Å². The van der Waals surface area contributed by atoms with Crippen molar-refractivity contribution in [2.24, 2.45) is 0 Å². The van der Waals surface area contributed by atoms with Gasteiger partial charge in [-0.15, -0.1) is 0 Å². The third-order valence-electron chi connectivity index (χ3n) is 5.55. The Balaban J connectivity index is 1.72. The Kier molecular flexibility index (Phi) is 3.62. The molecule has 0 aliphatic rings. The summed E-state index contributed by atoms with van der Waals surface area (Å²) in [7, 11) is 0. The molecular formula is C27H17NO2. The average Bonchev–Trinajstić information content (AvgIpc) is 3.23. The van der Waals surface area contributed by atoms with Crippen molar-refractivity contribution in [3.63, 3.8) is 0 Å². The van der Waals surface area contributed by atoms with Crippen LogP contribution in [0.1, 0.15) is 0 Å². The first-order chi connectivity index (χ1) is 14.8.